The molecule has 0 N–H and O–H groups in total. The van der Waals surface area contributed by atoms with Gasteiger partial charge in [0.25, 0.3) is 5.91 Å². The Labute approximate surface area is 183 Å². The number of hydrogen-bond acceptors (Lipinski definition) is 5. The minimum Gasteiger partial charge on any atom is -0.451 e. The zero-order valence-corrected chi connectivity index (χ0v) is 18.0. The highest BCUT2D eigenvalue weighted by molar-refractivity contribution is 8.14. The molecule has 0 bridgehead atoms. The van der Waals surface area contributed by atoms with Crippen LogP contribution in [0.2, 0.25) is 5.02 Å². The number of nitrogens with zero attached hydrogens (tertiary/aromatic N) is 2. The lowest BCUT2D eigenvalue weighted by Crippen LogP contribution is -2.34. The summed E-state index contributed by atoms with van der Waals surface area (Å²) in [6.07, 6.45) is 0. The number of carbonyl (C=O) groups excluding carboxylic acids is 2. The van der Waals surface area contributed by atoms with Crippen LogP contribution in [-0.2, 0) is 0 Å². The lowest BCUT2D eigenvalue weighted by atomic mass is 10.1. The Morgan fingerprint density at radius 3 is 2.37 bits per heavy atom. The average molecular weight is 439 g/mol. The van der Waals surface area contributed by atoms with Crippen molar-refractivity contribution >= 4 is 45.9 Å². The molecule has 1 atom stereocenters. The van der Waals surface area contributed by atoms with Crippen molar-refractivity contribution in [2.24, 2.45) is 4.99 Å². The lowest BCUT2D eigenvalue weighted by Gasteiger charge is -2.21. The zero-order valence-electron chi connectivity index (χ0n) is 16.5. The number of amides is 1. The molecule has 0 spiro atoms. The van der Waals surface area contributed by atoms with E-state index in [4.69, 9.17) is 16.0 Å². The van der Waals surface area contributed by atoms with Crippen molar-refractivity contribution in [2.75, 3.05) is 10.7 Å². The molecule has 1 amide bonds. The summed E-state index contributed by atoms with van der Waals surface area (Å²) < 4.78 is 5.88. The Bertz CT molecular complexity index is 1120. The molecule has 3 aromatic rings. The highest BCUT2D eigenvalue weighted by Crippen LogP contribution is 2.30. The van der Waals surface area contributed by atoms with Gasteiger partial charge in [-0.05, 0) is 50.2 Å². The molecule has 7 heteroatoms. The van der Waals surface area contributed by atoms with E-state index < -0.39 is 0 Å². The summed E-state index contributed by atoms with van der Waals surface area (Å²) in [5, 5.41) is 1.23. The van der Waals surface area contributed by atoms with Crippen molar-refractivity contribution in [3.05, 3.63) is 77.0 Å². The van der Waals surface area contributed by atoms with Gasteiger partial charge in [-0.1, -0.05) is 47.6 Å². The van der Waals surface area contributed by atoms with E-state index in [-0.39, 0.29) is 23.5 Å². The third kappa shape index (κ3) is 4.20. The second-order valence-electron chi connectivity index (χ2n) is 6.99. The summed E-state index contributed by atoms with van der Waals surface area (Å²) in [7, 11) is 0. The lowest BCUT2D eigenvalue weighted by molar-refractivity contribution is 0.0976. The van der Waals surface area contributed by atoms with Crippen LogP contribution in [0, 0.1) is 0 Å². The molecular weight excluding hydrogens is 420 g/mol. The first-order chi connectivity index (χ1) is 14.4. The fraction of sp³-hybridized carbons (Fsp3) is 0.174. The van der Waals surface area contributed by atoms with Crippen LogP contribution < -0.4 is 4.90 Å². The van der Waals surface area contributed by atoms with Crippen LogP contribution in [0.15, 0.2) is 70.1 Å². The van der Waals surface area contributed by atoms with Crippen LogP contribution in [-0.4, -0.2) is 28.7 Å². The Morgan fingerprint density at radius 1 is 1.07 bits per heavy atom. The van der Waals surface area contributed by atoms with Gasteiger partial charge >= 0.3 is 0 Å². The van der Waals surface area contributed by atoms with Crippen LogP contribution >= 0.6 is 23.4 Å². The topological polar surface area (TPSA) is 62.9 Å². The molecule has 0 aliphatic carbocycles. The van der Waals surface area contributed by atoms with Gasteiger partial charge in [-0.2, -0.15) is 0 Å². The van der Waals surface area contributed by atoms with E-state index >= 15 is 0 Å². The molecule has 2 heterocycles. The summed E-state index contributed by atoms with van der Waals surface area (Å²) in [4.78, 5) is 31.0. The maximum Gasteiger partial charge on any atom is 0.300 e. The van der Waals surface area contributed by atoms with Crippen molar-refractivity contribution in [1.82, 2.24) is 0 Å². The second-order valence-corrected chi connectivity index (χ2v) is 8.41. The van der Waals surface area contributed by atoms with Gasteiger partial charge in [0.2, 0.25) is 0 Å². The number of aliphatic imine (C=N–C) groups is 1. The number of anilines is 1. The molecule has 5 nitrogen and oxygen atoms in total. The largest absolute Gasteiger partial charge is 0.451 e. The number of furan rings is 1. The predicted octanol–water partition coefficient (Wildman–Crippen LogP) is 5.94. The maximum atomic E-state index is 13.4. The number of hydrogen-bond donors (Lipinski definition) is 0. The predicted molar refractivity (Wildman–Crippen MR) is 122 cm³/mol. The third-order valence-corrected chi connectivity index (χ3v) is 6.10. The van der Waals surface area contributed by atoms with Crippen LogP contribution in [0.1, 0.15) is 34.8 Å². The molecule has 1 aromatic heterocycles. The summed E-state index contributed by atoms with van der Waals surface area (Å²) >= 11 is 7.56. The second kappa shape index (κ2) is 8.50. The van der Waals surface area contributed by atoms with E-state index in [0.717, 1.165) is 11.3 Å². The van der Waals surface area contributed by atoms with E-state index in [1.54, 1.807) is 65.6 Å². The van der Waals surface area contributed by atoms with Crippen molar-refractivity contribution in [1.29, 1.82) is 0 Å². The first-order valence-electron chi connectivity index (χ1n) is 9.44. The van der Waals surface area contributed by atoms with Gasteiger partial charge in [-0.25, -0.2) is 0 Å². The van der Waals surface area contributed by atoms with Crippen LogP contribution in [0.4, 0.5) is 5.69 Å². The Kier molecular flexibility index (Phi) is 5.79. The Balaban J connectivity index is 1.66. The van der Waals surface area contributed by atoms with Crippen LogP contribution in [0.25, 0.3) is 11.3 Å². The SMILES string of the molecule is CC(=O)c1ccc(-c2ccc(C(=O)N(C3=NC(C)CS3)c3ccc(Cl)cc3)o2)cc1. The van der Waals surface area contributed by atoms with Gasteiger partial charge in [0.1, 0.15) is 5.76 Å². The van der Waals surface area contributed by atoms with Crippen molar-refractivity contribution in [3.63, 3.8) is 0 Å². The molecule has 2 aromatic carbocycles. The molecule has 0 fully saturated rings. The van der Waals surface area contributed by atoms with E-state index in [2.05, 4.69) is 4.99 Å². The number of Topliss-reactive ketones (excluding diaryl/α,β-unsaturated/α-hetero) is 1. The molecule has 0 saturated carbocycles. The number of halogens is 1. The van der Waals surface area contributed by atoms with Crippen molar-refractivity contribution < 1.29 is 14.0 Å². The molecule has 1 unspecified atom stereocenters. The molecule has 0 saturated heterocycles. The Hall–Kier alpha value is -2.83. The molecule has 1 aliphatic heterocycles. The van der Waals surface area contributed by atoms with Gasteiger partial charge in [-0.15, -0.1) is 0 Å². The minimum absolute atomic E-state index is 0.000431. The average Bonchev–Trinajstić information content (AvgIpc) is 3.39. The molecule has 152 valence electrons. The Morgan fingerprint density at radius 2 is 1.77 bits per heavy atom. The maximum absolute atomic E-state index is 13.4. The van der Waals surface area contributed by atoms with Crippen molar-refractivity contribution in [2.45, 2.75) is 19.9 Å². The fourth-order valence-corrected chi connectivity index (χ4v) is 4.24. The standard InChI is InChI=1S/C23H19ClN2O3S/c1-14-13-30-23(25-14)26(19-9-7-18(24)8-10-19)22(28)21-12-11-20(29-21)17-5-3-16(4-6-17)15(2)27/h3-12,14H,13H2,1-2H3. The van der Waals surface area contributed by atoms with Gasteiger partial charge in [0.05, 0.1) is 11.7 Å². The number of benzene rings is 2. The van der Waals surface area contributed by atoms with Crippen LogP contribution in [0.3, 0.4) is 0 Å². The van der Waals surface area contributed by atoms with Gasteiger partial charge in [-0.3, -0.25) is 19.5 Å². The van der Waals surface area contributed by atoms with E-state index in [9.17, 15) is 9.59 Å². The van der Waals surface area contributed by atoms with Crippen LogP contribution in [0.5, 0.6) is 0 Å². The fourth-order valence-electron chi connectivity index (χ4n) is 3.07. The smallest absolute Gasteiger partial charge is 0.300 e. The number of thioether (sulfide) groups is 1. The number of rotatable bonds is 4. The van der Waals surface area contributed by atoms with Gasteiger partial charge < -0.3 is 4.42 Å². The normalized spacial score (nSPS) is 15.7. The first-order valence-corrected chi connectivity index (χ1v) is 10.8. The quantitative estimate of drug-likeness (QED) is 0.473. The van der Waals surface area contributed by atoms with Gasteiger partial charge in [0, 0.05) is 21.9 Å². The molecule has 0 radical (unpaired) electrons. The number of amidine groups is 1. The van der Waals surface area contributed by atoms with E-state index in [1.165, 1.54) is 18.7 Å². The van der Waals surface area contributed by atoms with E-state index in [1.807, 2.05) is 6.92 Å². The zero-order chi connectivity index (χ0) is 21.3. The molecule has 30 heavy (non-hydrogen) atoms. The number of carbonyl (C=O) groups is 2. The van der Waals surface area contributed by atoms with Gasteiger partial charge in [0.15, 0.2) is 16.7 Å². The summed E-state index contributed by atoms with van der Waals surface area (Å²) in [5.74, 6) is 1.28. The number of ketones is 1. The molecule has 4 rings (SSSR count). The molecular formula is C23H19ClN2O3S. The summed E-state index contributed by atoms with van der Waals surface area (Å²) in [6.45, 7) is 3.54. The monoisotopic (exact) mass is 438 g/mol. The third-order valence-electron chi connectivity index (χ3n) is 4.66. The van der Waals surface area contributed by atoms with Crippen molar-refractivity contribution in [3.8, 4) is 11.3 Å². The first kappa shape index (κ1) is 20.4. The summed E-state index contributed by atoms with van der Waals surface area (Å²) in [6, 6.07) is 17.7. The highest BCUT2D eigenvalue weighted by atomic mass is 35.5. The summed E-state index contributed by atoms with van der Waals surface area (Å²) in [5.41, 5.74) is 2.09. The van der Waals surface area contributed by atoms with E-state index in [0.29, 0.717) is 27.2 Å². The minimum atomic E-state index is -0.302. The highest BCUT2D eigenvalue weighted by Gasteiger charge is 2.29. The molecule has 1 aliphatic rings.